The van der Waals surface area contributed by atoms with Gasteiger partial charge in [-0.1, -0.05) is 51.6 Å². The number of hydrogen-bond acceptors (Lipinski definition) is 7. The summed E-state index contributed by atoms with van der Waals surface area (Å²) in [5, 5.41) is 13.2. The predicted octanol–water partition coefficient (Wildman–Crippen LogP) is 4.01. The van der Waals surface area contributed by atoms with E-state index in [1.807, 2.05) is 0 Å². The van der Waals surface area contributed by atoms with Crippen LogP contribution in [-0.2, 0) is 28.4 Å². The van der Waals surface area contributed by atoms with Crippen molar-refractivity contribution in [2.75, 3.05) is 0 Å². The molecular weight excluding hydrogens is 458 g/mol. The fourth-order valence-electron chi connectivity index (χ4n) is 5.08. The lowest BCUT2D eigenvalue weighted by atomic mass is 9.57. The third-order valence-corrected chi connectivity index (χ3v) is 8.53. The van der Waals surface area contributed by atoms with Gasteiger partial charge in [0.2, 0.25) is 5.89 Å². The summed E-state index contributed by atoms with van der Waals surface area (Å²) in [4.78, 5) is 19.6. The van der Waals surface area contributed by atoms with Gasteiger partial charge in [0.15, 0.2) is 10.9 Å². The standard InChI is InChI=1S/C23H37N5O5S/c1-22(2,3)23(10-6-5-7-11-23)12-8-9-17(13-20(29)30)21-26-18(27-33-21)14-25-34(31,32)19-15-28(4)16-24-19/h15-17,25H,5-14H2,1-4H3,(H,29,30). The van der Waals surface area contributed by atoms with Gasteiger partial charge in [-0.3, -0.25) is 4.79 Å². The summed E-state index contributed by atoms with van der Waals surface area (Å²) in [6.07, 6.45) is 11.4. The summed E-state index contributed by atoms with van der Waals surface area (Å²) in [5.74, 6) is -0.943. The monoisotopic (exact) mass is 495 g/mol. The summed E-state index contributed by atoms with van der Waals surface area (Å²) in [7, 11) is -2.13. The first-order valence-electron chi connectivity index (χ1n) is 11.9. The normalized spacial score (nSPS) is 17.5. The summed E-state index contributed by atoms with van der Waals surface area (Å²) in [6, 6.07) is 0. The Balaban J connectivity index is 1.63. The van der Waals surface area contributed by atoms with Crippen LogP contribution in [0.3, 0.4) is 0 Å². The molecule has 1 saturated carbocycles. The van der Waals surface area contributed by atoms with Gasteiger partial charge in [0.25, 0.3) is 10.0 Å². The molecule has 0 aliphatic heterocycles. The Hall–Kier alpha value is -2.27. The van der Waals surface area contributed by atoms with Crippen molar-refractivity contribution < 1.29 is 22.8 Å². The molecule has 190 valence electrons. The highest BCUT2D eigenvalue weighted by Gasteiger charge is 2.42. The van der Waals surface area contributed by atoms with E-state index in [1.165, 1.54) is 49.2 Å². The average Bonchev–Trinajstić information content (AvgIpc) is 3.41. The average molecular weight is 496 g/mol. The molecule has 2 aromatic heterocycles. The first-order valence-corrected chi connectivity index (χ1v) is 13.4. The van der Waals surface area contributed by atoms with E-state index in [1.54, 1.807) is 7.05 Å². The predicted molar refractivity (Wildman–Crippen MR) is 125 cm³/mol. The number of hydrogen-bond donors (Lipinski definition) is 2. The van der Waals surface area contributed by atoms with Crippen molar-refractivity contribution in [3.8, 4) is 0 Å². The van der Waals surface area contributed by atoms with E-state index < -0.39 is 21.9 Å². The van der Waals surface area contributed by atoms with Crippen molar-refractivity contribution >= 4 is 16.0 Å². The Labute approximate surface area is 201 Å². The second kappa shape index (κ2) is 10.6. The summed E-state index contributed by atoms with van der Waals surface area (Å²) in [5.41, 5.74) is 0.459. The molecule has 0 amide bonds. The summed E-state index contributed by atoms with van der Waals surface area (Å²) < 4.78 is 34.0. The highest BCUT2D eigenvalue weighted by atomic mass is 32.2. The molecule has 1 atom stereocenters. The van der Waals surface area contributed by atoms with Gasteiger partial charge in [-0.05, 0) is 36.5 Å². The molecule has 3 rings (SSSR count). The fraction of sp³-hybridized carbons (Fsp3) is 0.739. The number of nitrogens with zero attached hydrogens (tertiary/aromatic N) is 4. The van der Waals surface area contributed by atoms with Crippen LogP contribution in [0.15, 0.2) is 22.1 Å². The number of aryl methyl sites for hydroxylation is 1. The molecular formula is C23H37N5O5S. The van der Waals surface area contributed by atoms with E-state index >= 15 is 0 Å². The SMILES string of the molecule is Cn1cnc(S(=O)(=O)NCc2noc(C(CCCC3(C(C)(C)C)CCCCC3)CC(=O)O)n2)c1. The lowest BCUT2D eigenvalue weighted by molar-refractivity contribution is -0.137. The van der Waals surface area contributed by atoms with Crippen LogP contribution in [0.5, 0.6) is 0 Å². The van der Waals surface area contributed by atoms with Crippen LogP contribution >= 0.6 is 0 Å². The molecule has 0 radical (unpaired) electrons. The molecule has 2 heterocycles. The van der Waals surface area contributed by atoms with Gasteiger partial charge in [0.05, 0.1) is 19.3 Å². The molecule has 10 nitrogen and oxygen atoms in total. The first kappa shape index (κ1) is 26.3. The Kier molecular flexibility index (Phi) is 8.18. The van der Waals surface area contributed by atoms with Crippen LogP contribution in [0, 0.1) is 10.8 Å². The van der Waals surface area contributed by atoms with Crippen LogP contribution in [0.4, 0.5) is 0 Å². The minimum atomic E-state index is -3.81. The van der Waals surface area contributed by atoms with E-state index in [-0.39, 0.29) is 40.5 Å². The molecule has 2 N–H and O–H groups in total. The zero-order chi connectivity index (χ0) is 25.0. The third kappa shape index (κ3) is 6.44. The molecule has 0 saturated heterocycles. The van der Waals surface area contributed by atoms with Crippen molar-refractivity contribution in [3.63, 3.8) is 0 Å². The van der Waals surface area contributed by atoms with Crippen molar-refractivity contribution in [1.82, 2.24) is 24.4 Å². The minimum absolute atomic E-state index is 0.0991. The number of carboxylic acid groups (broad SMARTS) is 1. The van der Waals surface area contributed by atoms with Gasteiger partial charge in [-0.25, -0.2) is 18.1 Å². The van der Waals surface area contributed by atoms with E-state index in [0.717, 1.165) is 12.8 Å². The van der Waals surface area contributed by atoms with Crippen LogP contribution in [-0.4, -0.2) is 39.2 Å². The fourth-order valence-corrected chi connectivity index (χ4v) is 6.04. The molecule has 1 fully saturated rings. The van der Waals surface area contributed by atoms with E-state index in [0.29, 0.717) is 6.42 Å². The molecule has 34 heavy (non-hydrogen) atoms. The number of rotatable bonds is 11. The maximum atomic E-state index is 12.4. The quantitative estimate of drug-likeness (QED) is 0.476. The van der Waals surface area contributed by atoms with Crippen LogP contribution in [0.25, 0.3) is 0 Å². The van der Waals surface area contributed by atoms with Crippen molar-refractivity contribution in [2.45, 2.75) is 96.0 Å². The Morgan fingerprint density at radius 3 is 2.59 bits per heavy atom. The summed E-state index contributed by atoms with van der Waals surface area (Å²) in [6.45, 7) is 6.76. The maximum Gasteiger partial charge on any atom is 0.304 e. The Morgan fingerprint density at radius 1 is 1.29 bits per heavy atom. The molecule has 1 aliphatic carbocycles. The second-order valence-electron chi connectivity index (χ2n) is 10.5. The summed E-state index contributed by atoms with van der Waals surface area (Å²) >= 11 is 0. The van der Waals surface area contributed by atoms with Crippen molar-refractivity contribution in [2.24, 2.45) is 17.9 Å². The Bertz CT molecular complexity index is 1060. The minimum Gasteiger partial charge on any atom is -0.481 e. The topological polar surface area (TPSA) is 140 Å². The Morgan fingerprint density at radius 2 is 2.00 bits per heavy atom. The zero-order valence-corrected chi connectivity index (χ0v) is 21.4. The molecule has 11 heteroatoms. The van der Waals surface area contributed by atoms with Crippen molar-refractivity contribution in [3.05, 3.63) is 24.2 Å². The third-order valence-electron chi connectivity index (χ3n) is 7.24. The first-order chi connectivity index (χ1) is 15.9. The largest absolute Gasteiger partial charge is 0.481 e. The second-order valence-corrected chi connectivity index (χ2v) is 12.2. The molecule has 0 bridgehead atoms. The lowest BCUT2D eigenvalue weighted by Crippen LogP contribution is -2.37. The maximum absolute atomic E-state index is 12.4. The number of aromatic nitrogens is 4. The van der Waals surface area contributed by atoms with Gasteiger partial charge in [-0.2, -0.15) is 4.98 Å². The number of aliphatic carboxylic acids is 1. The number of carboxylic acids is 1. The molecule has 1 unspecified atom stereocenters. The van der Waals surface area contributed by atoms with E-state index in [9.17, 15) is 18.3 Å². The number of nitrogens with one attached hydrogen (secondary N) is 1. The van der Waals surface area contributed by atoms with E-state index in [4.69, 9.17) is 4.52 Å². The van der Waals surface area contributed by atoms with E-state index in [2.05, 4.69) is 40.6 Å². The van der Waals surface area contributed by atoms with Crippen LogP contribution in [0.1, 0.15) is 96.2 Å². The van der Waals surface area contributed by atoms with Crippen LogP contribution in [0.2, 0.25) is 0 Å². The highest BCUT2D eigenvalue weighted by Crippen LogP contribution is 2.53. The zero-order valence-electron chi connectivity index (χ0n) is 20.6. The van der Waals surface area contributed by atoms with Crippen LogP contribution < -0.4 is 4.72 Å². The lowest BCUT2D eigenvalue weighted by Gasteiger charge is -2.48. The van der Waals surface area contributed by atoms with Gasteiger partial charge in [-0.15, -0.1) is 0 Å². The van der Waals surface area contributed by atoms with Gasteiger partial charge < -0.3 is 14.2 Å². The highest BCUT2D eigenvalue weighted by molar-refractivity contribution is 7.89. The number of carbonyl (C=O) groups is 1. The molecule has 0 spiro atoms. The molecule has 2 aromatic rings. The molecule has 0 aromatic carbocycles. The van der Waals surface area contributed by atoms with Gasteiger partial charge >= 0.3 is 5.97 Å². The molecule has 1 aliphatic rings. The van der Waals surface area contributed by atoms with Gasteiger partial charge in [0, 0.05) is 19.2 Å². The van der Waals surface area contributed by atoms with Crippen molar-refractivity contribution in [1.29, 1.82) is 0 Å². The number of sulfonamides is 1. The number of imidazole rings is 1. The smallest absolute Gasteiger partial charge is 0.304 e. The van der Waals surface area contributed by atoms with Gasteiger partial charge in [0.1, 0.15) is 0 Å².